The summed E-state index contributed by atoms with van der Waals surface area (Å²) < 4.78 is 6.17. The molecule has 0 aliphatic carbocycles. The second-order valence-electron chi connectivity index (χ2n) is 3.01. The Balaban J connectivity index is 2.51. The monoisotopic (exact) mass is 275 g/mol. The molecule has 0 unspecified atom stereocenters. The number of fused-ring (bicyclic) bond motifs is 1. The van der Waals surface area contributed by atoms with Gasteiger partial charge in [0, 0.05) is 4.47 Å². The Labute approximate surface area is 94.5 Å². The third kappa shape index (κ3) is 1.60. The topological polar surface area (TPSA) is 38.3 Å². The van der Waals surface area contributed by atoms with Gasteiger partial charge in [-0.25, -0.2) is 0 Å². The van der Waals surface area contributed by atoms with Gasteiger partial charge in [-0.15, -0.1) is 0 Å². The SMILES string of the molecule is C[C@H]1Oc2c(Cl)cc(Br)cc2NC1=O. The number of carbonyl (C=O) groups is 1. The second kappa shape index (κ2) is 3.44. The van der Waals surface area contributed by atoms with E-state index in [4.69, 9.17) is 16.3 Å². The maximum Gasteiger partial charge on any atom is 0.265 e. The van der Waals surface area contributed by atoms with E-state index in [0.29, 0.717) is 16.5 Å². The van der Waals surface area contributed by atoms with Crippen molar-refractivity contribution in [3.63, 3.8) is 0 Å². The van der Waals surface area contributed by atoms with E-state index in [9.17, 15) is 4.79 Å². The van der Waals surface area contributed by atoms with Gasteiger partial charge >= 0.3 is 0 Å². The number of halogens is 2. The number of nitrogens with one attached hydrogen (secondary N) is 1. The molecule has 1 atom stereocenters. The number of anilines is 1. The van der Waals surface area contributed by atoms with Crippen LogP contribution in [0.2, 0.25) is 5.02 Å². The Kier molecular flexibility index (Phi) is 2.41. The Morgan fingerprint density at radius 1 is 1.57 bits per heavy atom. The highest BCUT2D eigenvalue weighted by Gasteiger charge is 2.25. The van der Waals surface area contributed by atoms with Crippen molar-refractivity contribution in [2.75, 3.05) is 5.32 Å². The zero-order valence-electron chi connectivity index (χ0n) is 7.30. The summed E-state index contributed by atoms with van der Waals surface area (Å²) in [5.74, 6) is 0.369. The first-order chi connectivity index (χ1) is 6.58. The van der Waals surface area contributed by atoms with E-state index in [-0.39, 0.29) is 5.91 Å². The standard InChI is InChI=1S/C9H7BrClNO2/c1-4-9(13)12-7-3-5(10)2-6(11)8(7)14-4/h2-4H,1H3,(H,12,13)/t4-/m1/s1. The maximum absolute atomic E-state index is 11.3. The largest absolute Gasteiger partial charge is 0.477 e. The van der Waals surface area contributed by atoms with Crippen LogP contribution in [-0.2, 0) is 4.79 Å². The number of hydrogen-bond donors (Lipinski definition) is 1. The molecule has 1 heterocycles. The summed E-state index contributed by atoms with van der Waals surface area (Å²) in [7, 11) is 0. The van der Waals surface area contributed by atoms with Gasteiger partial charge in [-0.3, -0.25) is 4.79 Å². The van der Waals surface area contributed by atoms with Crippen LogP contribution < -0.4 is 10.1 Å². The fourth-order valence-electron chi connectivity index (χ4n) is 1.24. The third-order valence-corrected chi connectivity index (χ3v) is 2.67. The average molecular weight is 277 g/mol. The molecular formula is C9H7BrClNO2. The minimum atomic E-state index is -0.499. The quantitative estimate of drug-likeness (QED) is 0.791. The van der Waals surface area contributed by atoms with Gasteiger partial charge in [-0.05, 0) is 19.1 Å². The first kappa shape index (κ1) is 9.80. The zero-order chi connectivity index (χ0) is 10.3. The van der Waals surface area contributed by atoms with Crippen molar-refractivity contribution in [3.05, 3.63) is 21.6 Å². The Morgan fingerprint density at radius 3 is 3.00 bits per heavy atom. The first-order valence-electron chi connectivity index (χ1n) is 4.04. The number of amides is 1. The van der Waals surface area contributed by atoms with Crippen LogP contribution in [-0.4, -0.2) is 12.0 Å². The molecule has 1 aromatic rings. The van der Waals surface area contributed by atoms with Gasteiger partial charge in [0.1, 0.15) is 0 Å². The van der Waals surface area contributed by atoms with Gasteiger partial charge in [0.2, 0.25) is 0 Å². The molecule has 5 heteroatoms. The van der Waals surface area contributed by atoms with Gasteiger partial charge in [0.05, 0.1) is 10.7 Å². The summed E-state index contributed by atoms with van der Waals surface area (Å²) in [4.78, 5) is 11.3. The molecule has 3 nitrogen and oxygen atoms in total. The molecule has 1 aliphatic rings. The highest BCUT2D eigenvalue weighted by molar-refractivity contribution is 9.10. The summed E-state index contributed by atoms with van der Waals surface area (Å²) in [5.41, 5.74) is 0.604. The molecule has 14 heavy (non-hydrogen) atoms. The Hall–Kier alpha value is -0.740. The fourth-order valence-corrected chi connectivity index (χ4v) is 2.09. The van der Waals surface area contributed by atoms with Crippen LogP contribution in [0.1, 0.15) is 6.92 Å². The molecule has 1 amide bonds. The average Bonchev–Trinajstić information content (AvgIpc) is 2.08. The van der Waals surface area contributed by atoms with Crippen LogP contribution in [0, 0.1) is 0 Å². The van der Waals surface area contributed by atoms with Gasteiger partial charge < -0.3 is 10.1 Å². The minimum absolute atomic E-state index is 0.160. The lowest BCUT2D eigenvalue weighted by Crippen LogP contribution is -2.34. The van der Waals surface area contributed by atoms with Gasteiger partial charge in [0.15, 0.2) is 11.9 Å². The molecule has 74 valence electrons. The lowest BCUT2D eigenvalue weighted by molar-refractivity contribution is -0.122. The third-order valence-electron chi connectivity index (χ3n) is 1.93. The van der Waals surface area contributed by atoms with Crippen LogP contribution in [0.25, 0.3) is 0 Å². The van der Waals surface area contributed by atoms with Gasteiger partial charge in [0.25, 0.3) is 5.91 Å². The molecule has 1 aromatic carbocycles. The van der Waals surface area contributed by atoms with E-state index in [1.54, 1.807) is 19.1 Å². The molecule has 1 N–H and O–H groups in total. The van der Waals surface area contributed by atoms with E-state index < -0.39 is 6.10 Å². The van der Waals surface area contributed by atoms with Crippen molar-refractivity contribution in [2.45, 2.75) is 13.0 Å². The fraction of sp³-hybridized carbons (Fsp3) is 0.222. The predicted octanol–water partition coefficient (Wildman–Crippen LogP) is 2.82. The van der Waals surface area contributed by atoms with Crippen molar-refractivity contribution >= 4 is 39.1 Å². The lowest BCUT2D eigenvalue weighted by Gasteiger charge is -2.24. The Bertz CT molecular complexity index is 408. The highest BCUT2D eigenvalue weighted by atomic mass is 79.9. The van der Waals surface area contributed by atoms with Crippen molar-refractivity contribution in [2.24, 2.45) is 0 Å². The second-order valence-corrected chi connectivity index (χ2v) is 4.34. The van der Waals surface area contributed by atoms with Crippen molar-refractivity contribution in [3.8, 4) is 5.75 Å². The molecule has 2 rings (SSSR count). The number of hydrogen-bond acceptors (Lipinski definition) is 2. The van der Waals surface area contributed by atoms with E-state index in [2.05, 4.69) is 21.2 Å². The predicted molar refractivity (Wildman–Crippen MR) is 57.9 cm³/mol. The number of rotatable bonds is 0. The van der Waals surface area contributed by atoms with E-state index in [1.807, 2.05) is 0 Å². The molecule has 0 fully saturated rings. The minimum Gasteiger partial charge on any atom is -0.477 e. The van der Waals surface area contributed by atoms with Crippen LogP contribution in [0.3, 0.4) is 0 Å². The summed E-state index contributed by atoms with van der Waals surface area (Å²) in [6.07, 6.45) is -0.499. The Morgan fingerprint density at radius 2 is 2.29 bits per heavy atom. The zero-order valence-corrected chi connectivity index (χ0v) is 9.65. The summed E-state index contributed by atoms with van der Waals surface area (Å²) in [6, 6.07) is 3.48. The van der Waals surface area contributed by atoms with Crippen LogP contribution >= 0.6 is 27.5 Å². The van der Waals surface area contributed by atoms with Crippen LogP contribution in [0.15, 0.2) is 16.6 Å². The smallest absolute Gasteiger partial charge is 0.265 e. The first-order valence-corrected chi connectivity index (χ1v) is 5.21. The maximum atomic E-state index is 11.3. The van der Waals surface area contributed by atoms with Crippen molar-refractivity contribution < 1.29 is 9.53 Å². The van der Waals surface area contributed by atoms with Crippen molar-refractivity contribution in [1.82, 2.24) is 0 Å². The van der Waals surface area contributed by atoms with Gasteiger partial charge in [-0.2, -0.15) is 0 Å². The molecule has 0 saturated carbocycles. The number of benzene rings is 1. The van der Waals surface area contributed by atoms with Crippen molar-refractivity contribution in [1.29, 1.82) is 0 Å². The number of carbonyl (C=O) groups excluding carboxylic acids is 1. The van der Waals surface area contributed by atoms with E-state index >= 15 is 0 Å². The summed E-state index contributed by atoms with van der Waals surface area (Å²) in [6.45, 7) is 1.68. The molecular weight excluding hydrogens is 269 g/mol. The normalized spacial score (nSPS) is 19.6. The molecule has 0 aromatic heterocycles. The lowest BCUT2D eigenvalue weighted by atomic mass is 10.2. The number of ether oxygens (including phenoxy) is 1. The summed E-state index contributed by atoms with van der Waals surface area (Å²) >= 11 is 9.24. The van der Waals surface area contributed by atoms with Crippen LogP contribution in [0.4, 0.5) is 5.69 Å². The summed E-state index contributed by atoms with van der Waals surface area (Å²) in [5, 5.41) is 3.20. The highest BCUT2D eigenvalue weighted by Crippen LogP contribution is 2.39. The molecule has 1 aliphatic heterocycles. The molecule has 0 bridgehead atoms. The molecule has 0 saturated heterocycles. The molecule has 0 spiro atoms. The van der Waals surface area contributed by atoms with E-state index in [0.717, 1.165) is 4.47 Å². The molecule has 0 radical (unpaired) electrons. The van der Waals surface area contributed by atoms with E-state index in [1.165, 1.54) is 0 Å². The van der Waals surface area contributed by atoms with Crippen LogP contribution in [0.5, 0.6) is 5.75 Å². The van der Waals surface area contributed by atoms with Gasteiger partial charge in [-0.1, -0.05) is 27.5 Å².